The van der Waals surface area contributed by atoms with Gasteiger partial charge in [-0.1, -0.05) is 13.2 Å². The van der Waals surface area contributed by atoms with Crippen LogP contribution in [0.15, 0.2) is 24.8 Å². The summed E-state index contributed by atoms with van der Waals surface area (Å²) in [5.41, 5.74) is 0. The Kier molecular flexibility index (Phi) is 13.6. The largest absolute Gasteiger partial charge is 2.00 e. The minimum atomic E-state index is -1.85. The number of hydrogen-bond donors (Lipinski definition) is 0. The molecular weight excluding hydrogens is 214 g/mol. The Hall–Kier alpha value is -0.460. The van der Waals surface area contributed by atoms with Crippen LogP contribution in [0.25, 0.3) is 0 Å². The van der Waals surface area contributed by atoms with E-state index in [1.807, 2.05) is 0 Å². The third-order valence-corrected chi connectivity index (χ3v) is 0.443. The molecule has 0 unspecified atom stereocenters. The van der Waals surface area contributed by atoms with Crippen LogP contribution in [0.2, 0.25) is 0 Å². The van der Waals surface area contributed by atoms with Gasteiger partial charge < -0.3 is 19.8 Å². The van der Waals surface area contributed by atoms with Crippen LogP contribution in [-0.4, -0.2) is 49.7 Å². The topological polar surface area (TPSA) is 80.3 Å². The molecule has 0 aromatic carbocycles. The second-order valence-corrected chi connectivity index (χ2v) is 1.38. The molecule has 0 aliphatic carbocycles. The molecule has 0 spiro atoms. The summed E-state index contributed by atoms with van der Waals surface area (Å²) in [4.78, 5) is 18.2. The molecule has 0 aliphatic rings. The SMILES string of the molecule is C=C(F)C(=O)[O-].C=C(F)C(=O)[O-].[Ca+2]. The molecule has 0 amide bonds. The summed E-state index contributed by atoms with van der Waals surface area (Å²) in [6.07, 6.45) is 0. The monoisotopic (exact) mass is 218 g/mol. The van der Waals surface area contributed by atoms with Crippen LogP contribution in [0.4, 0.5) is 8.78 Å². The predicted molar refractivity (Wildman–Crippen MR) is 36.3 cm³/mol. The van der Waals surface area contributed by atoms with Crippen molar-refractivity contribution in [2.24, 2.45) is 0 Å². The van der Waals surface area contributed by atoms with Gasteiger partial charge in [0.15, 0.2) is 0 Å². The third kappa shape index (κ3) is 18.5. The molecule has 13 heavy (non-hydrogen) atoms. The van der Waals surface area contributed by atoms with Crippen LogP contribution in [0.1, 0.15) is 0 Å². The van der Waals surface area contributed by atoms with E-state index >= 15 is 0 Å². The van der Waals surface area contributed by atoms with Crippen molar-refractivity contribution < 1.29 is 28.6 Å². The van der Waals surface area contributed by atoms with Gasteiger partial charge in [0.05, 0.1) is 11.9 Å². The number of carbonyl (C=O) groups excluding carboxylic acids is 2. The minimum absolute atomic E-state index is 0. The second-order valence-electron chi connectivity index (χ2n) is 1.38. The molecule has 0 saturated carbocycles. The fourth-order valence-electron chi connectivity index (χ4n) is 0. The summed E-state index contributed by atoms with van der Waals surface area (Å²) < 4.78 is 21.9. The number of carbonyl (C=O) groups is 2. The van der Waals surface area contributed by atoms with Gasteiger partial charge in [-0.05, 0) is 0 Å². The number of rotatable bonds is 2. The van der Waals surface area contributed by atoms with E-state index in [9.17, 15) is 8.78 Å². The first kappa shape index (κ1) is 18.3. The Morgan fingerprint density at radius 3 is 1.00 bits per heavy atom. The average Bonchev–Trinajstić information content (AvgIpc) is 1.88. The van der Waals surface area contributed by atoms with Gasteiger partial charge >= 0.3 is 37.7 Å². The molecule has 0 atom stereocenters. The van der Waals surface area contributed by atoms with Gasteiger partial charge in [-0.15, -0.1) is 0 Å². The number of aliphatic carboxylic acids is 2. The van der Waals surface area contributed by atoms with Crippen LogP contribution >= 0.6 is 0 Å². The molecule has 0 aromatic heterocycles. The second kappa shape index (κ2) is 9.63. The van der Waals surface area contributed by atoms with Gasteiger partial charge in [-0.2, -0.15) is 0 Å². The molecule has 0 bridgehead atoms. The smallest absolute Gasteiger partial charge is 0.542 e. The molecule has 68 valence electrons. The molecule has 0 aliphatic heterocycles. The molecular formula is C6H4CaF2O4. The van der Waals surface area contributed by atoms with Crippen LogP contribution in [0.3, 0.4) is 0 Å². The van der Waals surface area contributed by atoms with E-state index in [-0.39, 0.29) is 37.7 Å². The molecule has 4 nitrogen and oxygen atoms in total. The summed E-state index contributed by atoms with van der Waals surface area (Å²) >= 11 is 0. The first-order chi connectivity index (χ1) is 5.29. The molecule has 0 saturated heterocycles. The molecule has 0 rings (SSSR count). The number of halogens is 2. The van der Waals surface area contributed by atoms with E-state index in [2.05, 4.69) is 13.2 Å². The van der Waals surface area contributed by atoms with E-state index < -0.39 is 23.6 Å². The normalized spacial score (nSPS) is 6.92. The zero-order chi connectivity index (χ0) is 10.3. The first-order valence-corrected chi connectivity index (χ1v) is 2.40. The van der Waals surface area contributed by atoms with Crippen molar-refractivity contribution in [3.05, 3.63) is 24.8 Å². The van der Waals surface area contributed by atoms with Crippen LogP contribution in [0, 0.1) is 0 Å². The predicted octanol–water partition coefficient (Wildman–Crippen LogP) is -1.94. The molecule has 0 fully saturated rings. The maximum atomic E-state index is 11.0. The number of hydrogen-bond acceptors (Lipinski definition) is 4. The van der Waals surface area contributed by atoms with Gasteiger partial charge in [-0.25, -0.2) is 8.78 Å². The Balaban J connectivity index is -0.000000143. The molecule has 0 aromatic rings. The molecule has 0 N–H and O–H groups in total. The summed E-state index contributed by atoms with van der Waals surface area (Å²) in [6, 6.07) is 0. The number of carboxylic acid groups (broad SMARTS) is 2. The first-order valence-electron chi connectivity index (χ1n) is 2.40. The van der Waals surface area contributed by atoms with Gasteiger partial charge in [0, 0.05) is 0 Å². The summed E-state index contributed by atoms with van der Waals surface area (Å²) in [7, 11) is 0. The van der Waals surface area contributed by atoms with E-state index in [1.165, 1.54) is 0 Å². The Labute approximate surface area is 103 Å². The van der Waals surface area contributed by atoms with Gasteiger partial charge in [0.2, 0.25) is 0 Å². The maximum absolute atomic E-state index is 11.0. The fourth-order valence-corrected chi connectivity index (χ4v) is 0. The zero-order valence-electron chi connectivity index (χ0n) is 6.51. The summed E-state index contributed by atoms with van der Waals surface area (Å²) in [6.45, 7) is 4.85. The van der Waals surface area contributed by atoms with Crippen molar-refractivity contribution in [1.29, 1.82) is 0 Å². The van der Waals surface area contributed by atoms with Crippen molar-refractivity contribution in [1.82, 2.24) is 0 Å². The Morgan fingerprint density at radius 2 is 1.00 bits per heavy atom. The van der Waals surface area contributed by atoms with Gasteiger partial charge in [-0.3, -0.25) is 0 Å². The van der Waals surface area contributed by atoms with Crippen molar-refractivity contribution in [3.63, 3.8) is 0 Å². The van der Waals surface area contributed by atoms with Crippen LogP contribution < -0.4 is 10.2 Å². The van der Waals surface area contributed by atoms with Crippen molar-refractivity contribution in [3.8, 4) is 0 Å². The Morgan fingerprint density at radius 1 is 0.923 bits per heavy atom. The molecule has 0 heterocycles. The number of carboxylic acids is 2. The molecule has 7 heteroatoms. The van der Waals surface area contributed by atoms with Crippen molar-refractivity contribution >= 4 is 49.7 Å². The zero-order valence-corrected chi connectivity index (χ0v) is 8.72. The quantitative estimate of drug-likeness (QED) is 0.399. The van der Waals surface area contributed by atoms with Crippen LogP contribution in [0.5, 0.6) is 0 Å². The van der Waals surface area contributed by atoms with Crippen molar-refractivity contribution in [2.75, 3.05) is 0 Å². The standard InChI is InChI=1S/2C3H3FO2.Ca/c2*1-2(4)3(5)6;/h2*1H2,(H,5,6);/q;;+2/p-2. The molecule has 0 radical (unpaired) electrons. The van der Waals surface area contributed by atoms with E-state index in [0.29, 0.717) is 0 Å². The van der Waals surface area contributed by atoms with E-state index in [1.54, 1.807) is 0 Å². The van der Waals surface area contributed by atoms with Crippen molar-refractivity contribution in [2.45, 2.75) is 0 Å². The van der Waals surface area contributed by atoms with E-state index in [4.69, 9.17) is 19.8 Å². The average molecular weight is 218 g/mol. The summed E-state index contributed by atoms with van der Waals surface area (Å²) in [5.74, 6) is -6.57. The Bertz CT molecular complexity index is 179. The van der Waals surface area contributed by atoms with Gasteiger partial charge in [0.1, 0.15) is 11.7 Å². The fraction of sp³-hybridized carbons (Fsp3) is 0. The summed E-state index contributed by atoms with van der Waals surface area (Å²) in [5, 5.41) is 18.2. The minimum Gasteiger partial charge on any atom is -0.542 e. The van der Waals surface area contributed by atoms with E-state index in [0.717, 1.165) is 0 Å². The van der Waals surface area contributed by atoms with Gasteiger partial charge in [0.25, 0.3) is 0 Å². The third-order valence-electron chi connectivity index (χ3n) is 0.443. The van der Waals surface area contributed by atoms with Crippen LogP contribution in [-0.2, 0) is 9.59 Å². The maximum Gasteiger partial charge on any atom is 2.00 e.